The van der Waals surface area contributed by atoms with E-state index in [4.69, 9.17) is 0 Å². The van der Waals surface area contributed by atoms with Crippen LogP contribution in [0.25, 0.3) is 0 Å². The summed E-state index contributed by atoms with van der Waals surface area (Å²) in [5.41, 5.74) is 5.86. The van der Waals surface area contributed by atoms with Crippen LogP contribution < -0.4 is 5.32 Å². The number of fused-ring (bicyclic) bond motifs is 8. The second-order valence-electron chi connectivity index (χ2n) is 6.19. The van der Waals surface area contributed by atoms with Crippen LogP contribution >= 0.6 is 0 Å². The van der Waals surface area contributed by atoms with Crippen molar-refractivity contribution in [3.63, 3.8) is 0 Å². The molecule has 106 valence electrons. The Morgan fingerprint density at radius 1 is 1.10 bits per heavy atom. The Kier molecular flexibility index (Phi) is 2.68. The lowest BCUT2D eigenvalue weighted by molar-refractivity contribution is -0.120. The lowest BCUT2D eigenvalue weighted by Crippen LogP contribution is -2.27. The number of rotatable bonds is 3. The largest absolute Gasteiger partial charge is 0.359 e. The second kappa shape index (κ2) is 4.45. The average molecular weight is 277 g/mol. The third kappa shape index (κ3) is 1.62. The zero-order valence-corrected chi connectivity index (χ0v) is 12.2. The third-order valence-corrected chi connectivity index (χ3v) is 5.31. The summed E-state index contributed by atoms with van der Waals surface area (Å²) in [6.45, 7) is 0. The fraction of sp³-hybridized carbons (Fsp3) is 0.316. The molecule has 2 aliphatic rings. The maximum absolute atomic E-state index is 11.8. The number of carbonyl (C=O) groups excluding carboxylic acids is 1. The van der Waals surface area contributed by atoms with Crippen molar-refractivity contribution in [3.05, 3.63) is 70.8 Å². The number of hydrogen-bond donors (Lipinski definition) is 1. The molecule has 2 heteroatoms. The first-order chi connectivity index (χ1) is 10.3. The molecule has 21 heavy (non-hydrogen) atoms. The van der Waals surface area contributed by atoms with Crippen LogP contribution in [0.4, 0.5) is 0 Å². The standard InChI is InChI=1S/C19H19NO/c1-20-18(21)10-11-19-12-15(13-6-2-4-8-16(13)19)14-7-3-5-9-17(14)19/h2-9,15H,10-12H2,1H3,(H,20,21). The summed E-state index contributed by atoms with van der Waals surface area (Å²) < 4.78 is 0. The van der Waals surface area contributed by atoms with Crippen LogP contribution in [-0.4, -0.2) is 13.0 Å². The Balaban J connectivity index is 1.84. The highest BCUT2D eigenvalue weighted by molar-refractivity contribution is 5.76. The molecule has 0 heterocycles. The van der Waals surface area contributed by atoms with E-state index in [0.717, 1.165) is 12.8 Å². The molecule has 0 aromatic heterocycles. The Hall–Kier alpha value is -2.09. The highest BCUT2D eigenvalue weighted by Crippen LogP contribution is 2.61. The van der Waals surface area contributed by atoms with Gasteiger partial charge in [0.1, 0.15) is 0 Å². The van der Waals surface area contributed by atoms with Crippen molar-refractivity contribution < 1.29 is 4.79 Å². The van der Waals surface area contributed by atoms with Gasteiger partial charge in [0, 0.05) is 24.8 Å². The normalized spacial score (nSPS) is 24.5. The summed E-state index contributed by atoms with van der Waals surface area (Å²) in [5.74, 6) is 0.650. The topological polar surface area (TPSA) is 29.1 Å². The predicted octanol–water partition coefficient (Wildman–Crippen LogP) is 3.35. The van der Waals surface area contributed by atoms with Crippen molar-refractivity contribution in [2.45, 2.75) is 30.6 Å². The molecule has 2 aromatic rings. The molecule has 0 unspecified atom stereocenters. The fourth-order valence-corrected chi connectivity index (χ4v) is 4.40. The third-order valence-electron chi connectivity index (χ3n) is 5.31. The van der Waals surface area contributed by atoms with Gasteiger partial charge in [0.15, 0.2) is 0 Å². The number of nitrogens with one attached hydrogen (secondary N) is 1. The lowest BCUT2D eigenvalue weighted by atomic mass is 9.72. The summed E-state index contributed by atoms with van der Waals surface area (Å²) in [7, 11) is 1.72. The minimum absolute atomic E-state index is 0.0460. The van der Waals surface area contributed by atoms with Crippen molar-refractivity contribution in [1.82, 2.24) is 5.32 Å². The van der Waals surface area contributed by atoms with E-state index in [-0.39, 0.29) is 11.3 Å². The van der Waals surface area contributed by atoms with Crippen molar-refractivity contribution in [3.8, 4) is 0 Å². The lowest BCUT2D eigenvalue weighted by Gasteiger charge is -2.31. The monoisotopic (exact) mass is 277 g/mol. The molecular formula is C19H19NO. The van der Waals surface area contributed by atoms with Gasteiger partial charge in [0.25, 0.3) is 0 Å². The van der Waals surface area contributed by atoms with E-state index >= 15 is 0 Å². The van der Waals surface area contributed by atoms with Gasteiger partial charge in [0.05, 0.1) is 0 Å². The van der Waals surface area contributed by atoms with Gasteiger partial charge in [-0.1, -0.05) is 48.5 Å². The second-order valence-corrected chi connectivity index (χ2v) is 6.19. The zero-order chi connectivity index (χ0) is 14.4. The fourth-order valence-electron chi connectivity index (χ4n) is 4.40. The van der Waals surface area contributed by atoms with Gasteiger partial charge < -0.3 is 5.32 Å². The first-order valence-corrected chi connectivity index (χ1v) is 7.66. The van der Waals surface area contributed by atoms with E-state index < -0.39 is 0 Å². The van der Waals surface area contributed by atoms with Gasteiger partial charge in [-0.05, 0) is 35.1 Å². The van der Waals surface area contributed by atoms with Gasteiger partial charge in [0.2, 0.25) is 5.91 Å². The molecule has 2 aromatic carbocycles. The first kappa shape index (κ1) is 12.6. The van der Waals surface area contributed by atoms with Gasteiger partial charge in [-0.3, -0.25) is 4.79 Å². The smallest absolute Gasteiger partial charge is 0.219 e. The number of benzene rings is 2. The molecule has 1 N–H and O–H groups in total. The van der Waals surface area contributed by atoms with Gasteiger partial charge in [-0.25, -0.2) is 0 Å². The van der Waals surface area contributed by atoms with Gasteiger partial charge in [-0.15, -0.1) is 0 Å². The molecule has 2 nitrogen and oxygen atoms in total. The first-order valence-electron chi connectivity index (χ1n) is 7.66. The highest BCUT2D eigenvalue weighted by Gasteiger charge is 2.51. The molecule has 0 fully saturated rings. The van der Waals surface area contributed by atoms with E-state index in [1.165, 1.54) is 22.3 Å². The molecule has 0 saturated heterocycles. The van der Waals surface area contributed by atoms with Crippen molar-refractivity contribution in [1.29, 1.82) is 0 Å². The van der Waals surface area contributed by atoms with Crippen molar-refractivity contribution in [2.24, 2.45) is 0 Å². The number of amides is 1. The van der Waals surface area contributed by atoms with E-state index in [9.17, 15) is 4.79 Å². The summed E-state index contributed by atoms with van der Waals surface area (Å²) >= 11 is 0. The maximum atomic E-state index is 11.8. The molecule has 0 radical (unpaired) electrons. The minimum Gasteiger partial charge on any atom is -0.359 e. The summed E-state index contributed by atoms with van der Waals surface area (Å²) in [4.78, 5) is 11.8. The quantitative estimate of drug-likeness (QED) is 0.916. The number of carbonyl (C=O) groups is 1. The molecule has 0 spiro atoms. The molecule has 1 amide bonds. The van der Waals surface area contributed by atoms with Crippen molar-refractivity contribution in [2.75, 3.05) is 7.05 Å². The molecule has 0 aliphatic heterocycles. The Labute approximate surface area is 125 Å². The van der Waals surface area contributed by atoms with Crippen LogP contribution in [0.15, 0.2) is 48.5 Å². The van der Waals surface area contributed by atoms with Crippen LogP contribution in [0.1, 0.15) is 47.4 Å². The summed E-state index contributed by atoms with van der Waals surface area (Å²) in [5, 5.41) is 2.75. The molecule has 4 rings (SSSR count). The Morgan fingerprint density at radius 2 is 1.67 bits per heavy atom. The average Bonchev–Trinajstić information content (AvgIpc) is 3.06. The number of hydrogen-bond acceptors (Lipinski definition) is 1. The molecule has 0 atom stereocenters. The van der Waals surface area contributed by atoms with Gasteiger partial charge >= 0.3 is 0 Å². The molecule has 0 saturated carbocycles. The van der Waals surface area contributed by atoms with Gasteiger partial charge in [-0.2, -0.15) is 0 Å². The van der Waals surface area contributed by atoms with Crippen LogP contribution in [0.2, 0.25) is 0 Å². The summed E-state index contributed by atoms with van der Waals surface area (Å²) in [6.07, 6.45) is 2.62. The van der Waals surface area contributed by atoms with Crippen molar-refractivity contribution >= 4 is 5.91 Å². The molecular weight excluding hydrogens is 258 g/mol. The zero-order valence-electron chi connectivity index (χ0n) is 12.2. The van der Waals surface area contributed by atoms with E-state index in [1.54, 1.807) is 7.05 Å². The molecule has 2 aliphatic carbocycles. The summed E-state index contributed by atoms with van der Waals surface area (Å²) in [6, 6.07) is 17.6. The van der Waals surface area contributed by atoms with Crippen LogP contribution in [0, 0.1) is 0 Å². The van der Waals surface area contributed by atoms with Crippen LogP contribution in [0.5, 0.6) is 0 Å². The Morgan fingerprint density at radius 3 is 2.24 bits per heavy atom. The van der Waals surface area contributed by atoms with Crippen LogP contribution in [0.3, 0.4) is 0 Å². The maximum Gasteiger partial charge on any atom is 0.219 e. The predicted molar refractivity (Wildman–Crippen MR) is 83.4 cm³/mol. The van der Waals surface area contributed by atoms with E-state index in [2.05, 4.69) is 53.8 Å². The van der Waals surface area contributed by atoms with E-state index in [0.29, 0.717) is 12.3 Å². The Bertz CT molecular complexity index is 672. The minimum atomic E-state index is 0.0460. The molecule has 2 bridgehead atoms. The highest BCUT2D eigenvalue weighted by atomic mass is 16.1. The van der Waals surface area contributed by atoms with Crippen LogP contribution in [-0.2, 0) is 10.2 Å². The SMILES string of the molecule is CNC(=O)CCC12CC(c3ccccc31)c1ccccc12. The van der Waals surface area contributed by atoms with E-state index in [1.807, 2.05) is 0 Å².